The van der Waals surface area contributed by atoms with Crippen LogP contribution in [-0.4, -0.2) is 19.3 Å². The maximum atomic E-state index is 5.79. The zero-order valence-electron chi connectivity index (χ0n) is 10.3. The van der Waals surface area contributed by atoms with Gasteiger partial charge in [-0.3, -0.25) is 0 Å². The van der Waals surface area contributed by atoms with Gasteiger partial charge in [0.05, 0.1) is 18.2 Å². The Morgan fingerprint density at radius 1 is 1.40 bits per heavy atom. The molecular weight excluding hydrogens is 206 g/mol. The molecule has 1 rings (SSSR count). The van der Waals surface area contributed by atoms with Crippen LogP contribution in [0.25, 0.3) is 0 Å². The monoisotopic (exact) mass is 227 g/mol. The van der Waals surface area contributed by atoms with Crippen molar-refractivity contribution in [1.29, 1.82) is 0 Å². The number of thiophene rings is 1. The molecule has 0 aliphatic carbocycles. The molecule has 0 saturated heterocycles. The minimum absolute atomic E-state index is 0.0681. The van der Waals surface area contributed by atoms with Crippen LogP contribution in [-0.2, 0) is 4.74 Å². The van der Waals surface area contributed by atoms with E-state index in [1.807, 2.05) is 18.4 Å². The molecule has 1 unspecified atom stereocenters. The summed E-state index contributed by atoms with van der Waals surface area (Å²) in [5.41, 5.74) is -0.0681. The second-order valence-corrected chi connectivity index (χ2v) is 6.03. The lowest BCUT2D eigenvalue weighted by Gasteiger charge is -2.23. The normalized spacial score (nSPS) is 14.2. The lowest BCUT2D eigenvalue weighted by atomic mass is 10.2. The number of likely N-dealkylation sites (N-methyl/N-ethyl adjacent to an activating group) is 1. The largest absolute Gasteiger partial charge is 0.374 e. The van der Waals surface area contributed by atoms with Gasteiger partial charge in [0.2, 0.25) is 0 Å². The molecule has 1 atom stereocenters. The molecule has 0 aliphatic rings. The Morgan fingerprint density at radius 2 is 2.07 bits per heavy atom. The molecule has 3 heteroatoms. The molecule has 0 fully saturated rings. The highest BCUT2D eigenvalue weighted by Gasteiger charge is 2.16. The van der Waals surface area contributed by atoms with Crippen molar-refractivity contribution in [3.05, 3.63) is 21.9 Å². The van der Waals surface area contributed by atoms with Crippen molar-refractivity contribution < 1.29 is 4.74 Å². The van der Waals surface area contributed by atoms with Crippen LogP contribution in [0, 0.1) is 6.92 Å². The van der Waals surface area contributed by atoms with E-state index < -0.39 is 0 Å². The summed E-state index contributed by atoms with van der Waals surface area (Å²) in [4.78, 5) is 2.69. The summed E-state index contributed by atoms with van der Waals surface area (Å²) in [5.74, 6) is 0. The van der Waals surface area contributed by atoms with E-state index in [1.165, 1.54) is 9.75 Å². The number of hydrogen-bond donors (Lipinski definition) is 1. The first kappa shape index (κ1) is 12.7. The molecule has 0 radical (unpaired) electrons. The van der Waals surface area contributed by atoms with Gasteiger partial charge in [-0.15, -0.1) is 11.3 Å². The lowest BCUT2D eigenvalue weighted by molar-refractivity contribution is -0.0135. The van der Waals surface area contributed by atoms with Crippen LogP contribution < -0.4 is 5.32 Å². The van der Waals surface area contributed by atoms with Crippen LogP contribution in [0.4, 0.5) is 0 Å². The summed E-state index contributed by atoms with van der Waals surface area (Å²) in [7, 11) is 1.98. The first-order valence-electron chi connectivity index (χ1n) is 5.30. The summed E-state index contributed by atoms with van der Waals surface area (Å²) in [5, 5.41) is 3.29. The second kappa shape index (κ2) is 5.10. The molecule has 15 heavy (non-hydrogen) atoms. The molecule has 86 valence electrons. The summed E-state index contributed by atoms with van der Waals surface area (Å²) >= 11 is 1.83. The third-order valence-corrected chi connectivity index (χ3v) is 3.25. The molecule has 0 spiro atoms. The predicted molar refractivity (Wildman–Crippen MR) is 66.6 cm³/mol. The zero-order valence-corrected chi connectivity index (χ0v) is 11.1. The molecule has 0 bridgehead atoms. The van der Waals surface area contributed by atoms with E-state index in [2.05, 4.69) is 45.1 Å². The van der Waals surface area contributed by atoms with Gasteiger partial charge in [0.1, 0.15) is 0 Å². The number of ether oxygens (including phenoxy) is 1. The van der Waals surface area contributed by atoms with Crippen molar-refractivity contribution in [2.45, 2.75) is 39.3 Å². The molecule has 0 aliphatic heterocycles. The van der Waals surface area contributed by atoms with Gasteiger partial charge >= 0.3 is 0 Å². The molecule has 0 saturated carbocycles. The quantitative estimate of drug-likeness (QED) is 0.853. The van der Waals surface area contributed by atoms with E-state index in [4.69, 9.17) is 4.74 Å². The fourth-order valence-electron chi connectivity index (χ4n) is 1.28. The number of hydrogen-bond acceptors (Lipinski definition) is 3. The van der Waals surface area contributed by atoms with Gasteiger partial charge in [-0.05, 0) is 46.9 Å². The molecule has 1 N–H and O–H groups in total. The van der Waals surface area contributed by atoms with Crippen LogP contribution in [0.5, 0.6) is 0 Å². The van der Waals surface area contributed by atoms with Crippen molar-refractivity contribution in [1.82, 2.24) is 5.32 Å². The Labute approximate surface area is 96.7 Å². The molecule has 0 aromatic carbocycles. The fraction of sp³-hybridized carbons (Fsp3) is 0.667. The average molecular weight is 227 g/mol. The Hall–Kier alpha value is -0.380. The minimum atomic E-state index is -0.0681. The maximum Gasteiger partial charge on any atom is 0.0676 e. The van der Waals surface area contributed by atoms with Crippen molar-refractivity contribution in [2.24, 2.45) is 0 Å². The van der Waals surface area contributed by atoms with E-state index in [-0.39, 0.29) is 5.60 Å². The zero-order chi connectivity index (χ0) is 11.5. The maximum absolute atomic E-state index is 5.79. The van der Waals surface area contributed by atoms with Crippen LogP contribution >= 0.6 is 11.3 Å². The van der Waals surface area contributed by atoms with E-state index in [9.17, 15) is 0 Å². The van der Waals surface area contributed by atoms with Crippen LogP contribution in [0.15, 0.2) is 12.1 Å². The summed E-state index contributed by atoms with van der Waals surface area (Å²) in [6.07, 6.45) is 0. The first-order chi connectivity index (χ1) is 6.92. The van der Waals surface area contributed by atoms with Gasteiger partial charge in [-0.2, -0.15) is 0 Å². The molecule has 1 aromatic heterocycles. The Bertz CT molecular complexity index is 301. The summed E-state index contributed by atoms with van der Waals surface area (Å²) in [6, 6.07) is 4.64. The predicted octanol–water partition coefficient (Wildman–Crippen LogP) is 3.13. The van der Waals surface area contributed by atoms with E-state index in [0.29, 0.717) is 6.04 Å². The van der Waals surface area contributed by atoms with Crippen molar-refractivity contribution in [2.75, 3.05) is 13.7 Å². The standard InChI is InChI=1S/C12H21NOS/c1-9-6-7-11(15-9)10(13-5)8-14-12(2,3)4/h6-7,10,13H,8H2,1-5H3. The van der Waals surface area contributed by atoms with E-state index in [0.717, 1.165) is 6.61 Å². The number of aryl methyl sites for hydroxylation is 1. The fourth-order valence-corrected chi connectivity index (χ4v) is 2.25. The van der Waals surface area contributed by atoms with Gasteiger partial charge in [-0.25, -0.2) is 0 Å². The highest BCUT2D eigenvalue weighted by Crippen LogP contribution is 2.24. The molecular formula is C12H21NOS. The highest BCUT2D eigenvalue weighted by atomic mass is 32.1. The SMILES string of the molecule is CNC(COC(C)(C)C)c1ccc(C)s1. The van der Waals surface area contributed by atoms with Crippen LogP contribution in [0.1, 0.15) is 36.6 Å². The molecule has 0 amide bonds. The van der Waals surface area contributed by atoms with Gasteiger partial charge in [-0.1, -0.05) is 0 Å². The molecule has 2 nitrogen and oxygen atoms in total. The Morgan fingerprint density at radius 3 is 2.47 bits per heavy atom. The minimum Gasteiger partial charge on any atom is -0.374 e. The van der Waals surface area contributed by atoms with Crippen molar-refractivity contribution in [3.8, 4) is 0 Å². The number of nitrogens with one attached hydrogen (secondary N) is 1. The molecule has 1 heterocycles. The third kappa shape index (κ3) is 4.33. The second-order valence-electron chi connectivity index (χ2n) is 4.71. The summed E-state index contributed by atoms with van der Waals surface area (Å²) in [6.45, 7) is 9.10. The lowest BCUT2D eigenvalue weighted by Crippen LogP contribution is -2.27. The van der Waals surface area contributed by atoms with Crippen LogP contribution in [0.3, 0.4) is 0 Å². The van der Waals surface area contributed by atoms with Gasteiger partial charge in [0, 0.05) is 9.75 Å². The average Bonchev–Trinajstić information content (AvgIpc) is 2.51. The Balaban J connectivity index is 2.57. The summed E-state index contributed by atoms with van der Waals surface area (Å²) < 4.78 is 5.79. The third-order valence-electron chi connectivity index (χ3n) is 2.14. The van der Waals surface area contributed by atoms with E-state index >= 15 is 0 Å². The smallest absolute Gasteiger partial charge is 0.0676 e. The van der Waals surface area contributed by atoms with Crippen molar-refractivity contribution in [3.63, 3.8) is 0 Å². The van der Waals surface area contributed by atoms with Gasteiger partial charge < -0.3 is 10.1 Å². The van der Waals surface area contributed by atoms with Gasteiger partial charge in [0.15, 0.2) is 0 Å². The van der Waals surface area contributed by atoms with E-state index in [1.54, 1.807) is 0 Å². The highest BCUT2D eigenvalue weighted by molar-refractivity contribution is 7.12. The number of rotatable bonds is 4. The Kier molecular flexibility index (Phi) is 4.32. The molecule has 1 aromatic rings. The topological polar surface area (TPSA) is 21.3 Å². The van der Waals surface area contributed by atoms with Crippen molar-refractivity contribution >= 4 is 11.3 Å². The van der Waals surface area contributed by atoms with Crippen LogP contribution in [0.2, 0.25) is 0 Å². The van der Waals surface area contributed by atoms with Gasteiger partial charge in [0.25, 0.3) is 0 Å². The first-order valence-corrected chi connectivity index (χ1v) is 6.11.